The summed E-state index contributed by atoms with van der Waals surface area (Å²) in [5.41, 5.74) is 1.20. The minimum atomic E-state index is -0.667. The zero-order valence-corrected chi connectivity index (χ0v) is 8.15. The number of hydrogen-bond acceptors (Lipinski definition) is 0. The predicted octanol–water partition coefficient (Wildman–Crippen LogP) is 4.04. The van der Waals surface area contributed by atoms with Crippen molar-refractivity contribution in [2.45, 2.75) is 45.7 Å². The van der Waals surface area contributed by atoms with Crippen molar-refractivity contribution in [3.8, 4) is 0 Å². The van der Waals surface area contributed by atoms with E-state index in [0.29, 0.717) is 12.8 Å². The minimum Gasteiger partial charge on any atom is -0.247 e. The summed E-state index contributed by atoms with van der Waals surface area (Å²) in [6.07, 6.45) is 6.21. The molecule has 0 nitrogen and oxygen atoms in total. The van der Waals surface area contributed by atoms with E-state index in [1.807, 2.05) is 26.0 Å². The molecule has 70 valence electrons. The van der Waals surface area contributed by atoms with Crippen LogP contribution in [0.15, 0.2) is 24.3 Å². The number of allylic oxidation sites excluding steroid dienone is 3. The number of halogens is 1. The van der Waals surface area contributed by atoms with Gasteiger partial charge in [-0.2, -0.15) is 0 Å². The smallest absolute Gasteiger partial charge is 0.104 e. The second-order valence-electron chi connectivity index (χ2n) is 3.33. The van der Waals surface area contributed by atoms with Crippen molar-refractivity contribution in [2.24, 2.45) is 0 Å². The molecule has 0 heterocycles. The second-order valence-corrected chi connectivity index (χ2v) is 3.33. The van der Waals surface area contributed by atoms with Crippen LogP contribution in [0.5, 0.6) is 0 Å². The molecule has 0 rings (SSSR count). The molecule has 0 amide bonds. The molecule has 0 radical (unpaired) electrons. The van der Waals surface area contributed by atoms with E-state index in [-0.39, 0.29) is 0 Å². The monoisotopic (exact) mass is 170 g/mol. The molecule has 0 aromatic rings. The Bertz CT molecular complexity index is 143. The molecule has 0 aromatic carbocycles. The van der Waals surface area contributed by atoms with Gasteiger partial charge in [0, 0.05) is 0 Å². The normalized spacial score (nSPS) is 12.2. The summed E-state index contributed by atoms with van der Waals surface area (Å²) in [6.45, 7) is 7.59. The average Bonchev–Trinajstić information content (AvgIpc) is 2.01. The van der Waals surface area contributed by atoms with Gasteiger partial charge in [-0.1, -0.05) is 17.7 Å². The largest absolute Gasteiger partial charge is 0.247 e. The van der Waals surface area contributed by atoms with E-state index < -0.39 is 6.17 Å². The van der Waals surface area contributed by atoms with Gasteiger partial charge in [0.2, 0.25) is 0 Å². The molecular weight excluding hydrogens is 151 g/mol. The van der Waals surface area contributed by atoms with Crippen LogP contribution in [0.1, 0.15) is 39.5 Å². The van der Waals surface area contributed by atoms with E-state index in [1.54, 1.807) is 0 Å². The van der Waals surface area contributed by atoms with Gasteiger partial charge >= 0.3 is 0 Å². The van der Waals surface area contributed by atoms with Gasteiger partial charge in [0.15, 0.2) is 0 Å². The molecular formula is C11H19F. The summed E-state index contributed by atoms with van der Waals surface area (Å²) < 4.78 is 13.0. The molecule has 0 aliphatic rings. The maximum absolute atomic E-state index is 13.0. The van der Waals surface area contributed by atoms with Crippen LogP contribution < -0.4 is 0 Å². The molecule has 1 unspecified atom stereocenters. The topological polar surface area (TPSA) is 0 Å². The molecule has 1 heteroatoms. The van der Waals surface area contributed by atoms with Gasteiger partial charge in [-0.05, 0) is 39.5 Å². The third-order valence-electron chi connectivity index (χ3n) is 1.71. The number of rotatable bonds is 6. The Morgan fingerprint density at radius 1 is 1.50 bits per heavy atom. The third-order valence-corrected chi connectivity index (χ3v) is 1.71. The van der Waals surface area contributed by atoms with E-state index in [9.17, 15) is 4.39 Å². The van der Waals surface area contributed by atoms with E-state index in [0.717, 1.165) is 12.8 Å². The van der Waals surface area contributed by atoms with Crippen molar-refractivity contribution in [1.82, 2.24) is 0 Å². The first kappa shape index (κ1) is 11.4. The molecule has 12 heavy (non-hydrogen) atoms. The van der Waals surface area contributed by atoms with Crippen LogP contribution in [0.2, 0.25) is 0 Å². The Balaban J connectivity index is 3.39. The van der Waals surface area contributed by atoms with Gasteiger partial charge in [0.25, 0.3) is 0 Å². The summed E-state index contributed by atoms with van der Waals surface area (Å²) in [5.74, 6) is 0. The maximum atomic E-state index is 13.0. The highest BCUT2D eigenvalue weighted by Crippen LogP contribution is 2.10. The first-order valence-electron chi connectivity index (χ1n) is 4.55. The van der Waals surface area contributed by atoms with Crippen LogP contribution in [-0.2, 0) is 0 Å². The molecule has 0 saturated heterocycles. The molecule has 0 spiro atoms. The summed E-state index contributed by atoms with van der Waals surface area (Å²) in [5, 5.41) is 0. The van der Waals surface area contributed by atoms with Gasteiger partial charge < -0.3 is 0 Å². The first-order valence-corrected chi connectivity index (χ1v) is 4.55. The fourth-order valence-electron chi connectivity index (χ4n) is 0.965. The number of alkyl halides is 1. The lowest BCUT2D eigenvalue weighted by molar-refractivity contribution is 0.311. The molecule has 1 atom stereocenters. The van der Waals surface area contributed by atoms with Crippen LogP contribution in [-0.4, -0.2) is 6.17 Å². The van der Waals surface area contributed by atoms with Gasteiger partial charge in [-0.15, -0.1) is 6.58 Å². The molecule has 0 fully saturated rings. The van der Waals surface area contributed by atoms with Gasteiger partial charge in [-0.3, -0.25) is 0 Å². The SMILES string of the molecule is C=CCCCC(F)CC=C(C)C. The van der Waals surface area contributed by atoms with Gasteiger partial charge in [0.05, 0.1) is 0 Å². The van der Waals surface area contributed by atoms with E-state index in [4.69, 9.17) is 0 Å². The van der Waals surface area contributed by atoms with Crippen LogP contribution >= 0.6 is 0 Å². The quantitative estimate of drug-likeness (QED) is 0.417. The standard InChI is InChI=1S/C11H19F/c1-4-5-6-7-11(12)9-8-10(2)3/h4,8,11H,1,5-7,9H2,2-3H3. The van der Waals surface area contributed by atoms with Crippen molar-refractivity contribution in [3.63, 3.8) is 0 Å². The van der Waals surface area contributed by atoms with Gasteiger partial charge in [-0.25, -0.2) is 4.39 Å². The highest BCUT2D eigenvalue weighted by molar-refractivity contribution is 4.94. The summed E-state index contributed by atoms with van der Waals surface area (Å²) in [6, 6.07) is 0. The highest BCUT2D eigenvalue weighted by Gasteiger charge is 2.02. The van der Waals surface area contributed by atoms with Crippen LogP contribution in [0.25, 0.3) is 0 Å². The first-order chi connectivity index (χ1) is 5.66. The van der Waals surface area contributed by atoms with E-state index in [1.165, 1.54) is 5.57 Å². The molecule has 0 bridgehead atoms. The Morgan fingerprint density at radius 3 is 2.67 bits per heavy atom. The summed E-state index contributed by atoms with van der Waals surface area (Å²) >= 11 is 0. The van der Waals surface area contributed by atoms with Crippen LogP contribution in [0.4, 0.5) is 4.39 Å². The van der Waals surface area contributed by atoms with E-state index in [2.05, 4.69) is 6.58 Å². The van der Waals surface area contributed by atoms with Crippen molar-refractivity contribution < 1.29 is 4.39 Å². The molecule has 0 aliphatic heterocycles. The Kier molecular flexibility index (Phi) is 6.73. The molecule has 0 aromatic heterocycles. The zero-order valence-electron chi connectivity index (χ0n) is 8.15. The third kappa shape index (κ3) is 7.52. The van der Waals surface area contributed by atoms with Crippen LogP contribution in [0, 0.1) is 0 Å². The van der Waals surface area contributed by atoms with Crippen molar-refractivity contribution in [3.05, 3.63) is 24.3 Å². The summed E-state index contributed by atoms with van der Waals surface area (Å²) in [4.78, 5) is 0. The number of hydrogen-bond donors (Lipinski definition) is 0. The lowest BCUT2D eigenvalue weighted by Crippen LogP contribution is -1.97. The lowest BCUT2D eigenvalue weighted by Gasteiger charge is -2.03. The minimum absolute atomic E-state index is 0.569. The van der Waals surface area contributed by atoms with Crippen molar-refractivity contribution in [2.75, 3.05) is 0 Å². The summed E-state index contributed by atoms with van der Waals surface area (Å²) in [7, 11) is 0. The lowest BCUT2D eigenvalue weighted by atomic mass is 10.1. The average molecular weight is 170 g/mol. The maximum Gasteiger partial charge on any atom is 0.104 e. The molecule has 0 saturated carbocycles. The Labute approximate surface area is 75.2 Å². The predicted molar refractivity (Wildman–Crippen MR) is 53.0 cm³/mol. The Hall–Kier alpha value is -0.590. The molecule has 0 N–H and O–H groups in total. The van der Waals surface area contributed by atoms with Crippen LogP contribution in [0.3, 0.4) is 0 Å². The fourth-order valence-corrected chi connectivity index (χ4v) is 0.965. The second kappa shape index (κ2) is 7.08. The zero-order chi connectivity index (χ0) is 9.40. The molecule has 0 aliphatic carbocycles. The van der Waals surface area contributed by atoms with Crippen molar-refractivity contribution >= 4 is 0 Å². The van der Waals surface area contributed by atoms with Gasteiger partial charge in [0.1, 0.15) is 6.17 Å². The fraction of sp³-hybridized carbons (Fsp3) is 0.636. The Morgan fingerprint density at radius 2 is 2.17 bits per heavy atom. The van der Waals surface area contributed by atoms with E-state index >= 15 is 0 Å². The number of unbranched alkanes of at least 4 members (excludes halogenated alkanes) is 1. The highest BCUT2D eigenvalue weighted by atomic mass is 19.1. The van der Waals surface area contributed by atoms with Crippen molar-refractivity contribution in [1.29, 1.82) is 0 Å².